The fraction of sp³-hybridized carbons (Fsp3) is 0.281. The van der Waals surface area contributed by atoms with Crippen LogP contribution in [-0.2, 0) is 9.59 Å². The van der Waals surface area contributed by atoms with Gasteiger partial charge in [0, 0.05) is 5.56 Å². The Morgan fingerprint density at radius 2 is 1.80 bits per heavy atom. The largest absolute Gasteiger partial charge is 0.507 e. The lowest BCUT2D eigenvalue weighted by molar-refractivity contribution is -0.132. The molecule has 1 aliphatic rings. The zero-order valence-electron chi connectivity index (χ0n) is 23.2. The Balaban J connectivity index is 1.67. The van der Waals surface area contributed by atoms with Crippen molar-refractivity contribution in [2.45, 2.75) is 40.2 Å². The van der Waals surface area contributed by atoms with Gasteiger partial charge in [-0.15, -0.1) is 0 Å². The molecule has 3 aromatic carbocycles. The summed E-state index contributed by atoms with van der Waals surface area (Å²) in [5.74, 6) is -0.220. The quantitative estimate of drug-likeness (QED) is 0.143. The van der Waals surface area contributed by atoms with Crippen LogP contribution in [0.25, 0.3) is 16.0 Å². The minimum absolute atomic E-state index is 0.00103. The van der Waals surface area contributed by atoms with Crippen molar-refractivity contribution in [2.24, 2.45) is 5.92 Å². The number of Topliss-reactive ketones (excluding diaryl/α,β-unsaturated/α-hetero) is 1. The maximum Gasteiger partial charge on any atom is 0.301 e. The van der Waals surface area contributed by atoms with Gasteiger partial charge < -0.3 is 14.6 Å². The highest BCUT2D eigenvalue weighted by molar-refractivity contribution is 7.22. The highest BCUT2D eigenvalue weighted by atomic mass is 32.1. The van der Waals surface area contributed by atoms with Gasteiger partial charge in [-0.3, -0.25) is 14.5 Å². The number of ketones is 1. The van der Waals surface area contributed by atoms with Crippen LogP contribution in [0.1, 0.15) is 48.6 Å². The third kappa shape index (κ3) is 5.07. The summed E-state index contributed by atoms with van der Waals surface area (Å²) in [6, 6.07) is 17.3. The number of amides is 1. The second-order valence-corrected chi connectivity index (χ2v) is 11.4. The molecule has 7 nitrogen and oxygen atoms in total. The number of carbonyl (C=O) groups excluding carboxylic acids is 2. The number of ether oxygens (including phenoxy) is 2. The number of carbonyl (C=O) groups is 2. The van der Waals surface area contributed by atoms with Crippen molar-refractivity contribution in [1.29, 1.82) is 0 Å². The molecule has 1 atom stereocenters. The number of aliphatic hydroxyl groups excluding tert-OH is 1. The summed E-state index contributed by atoms with van der Waals surface area (Å²) in [6.07, 6.45) is 0.888. The third-order valence-electron chi connectivity index (χ3n) is 6.97. The number of aliphatic hydroxyl groups is 1. The van der Waals surface area contributed by atoms with Crippen molar-refractivity contribution in [3.63, 3.8) is 0 Å². The fourth-order valence-corrected chi connectivity index (χ4v) is 6.11. The van der Waals surface area contributed by atoms with Crippen molar-refractivity contribution < 1.29 is 24.2 Å². The normalized spacial score (nSPS) is 16.8. The van der Waals surface area contributed by atoms with Gasteiger partial charge in [0.1, 0.15) is 5.76 Å². The monoisotopic (exact) mass is 556 g/mol. The van der Waals surface area contributed by atoms with Crippen molar-refractivity contribution in [3.05, 3.63) is 88.5 Å². The molecule has 1 aliphatic heterocycles. The lowest BCUT2D eigenvalue weighted by Gasteiger charge is -2.24. The number of aryl methyl sites for hydroxylation is 2. The van der Waals surface area contributed by atoms with Gasteiger partial charge in [0.15, 0.2) is 16.6 Å². The van der Waals surface area contributed by atoms with Crippen molar-refractivity contribution in [1.82, 2.24) is 4.98 Å². The molecular formula is C32H32N2O5S. The molecule has 1 amide bonds. The minimum Gasteiger partial charge on any atom is -0.507 e. The molecule has 1 aromatic heterocycles. The Bertz CT molecular complexity index is 1620. The number of hydrogen-bond acceptors (Lipinski definition) is 7. The molecular weight excluding hydrogens is 524 g/mol. The van der Waals surface area contributed by atoms with Crippen LogP contribution in [0.3, 0.4) is 0 Å². The van der Waals surface area contributed by atoms with E-state index in [1.165, 1.54) is 16.2 Å². The molecule has 0 aliphatic carbocycles. The van der Waals surface area contributed by atoms with E-state index in [9.17, 15) is 14.7 Å². The number of fused-ring (bicyclic) bond motifs is 1. The van der Waals surface area contributed by atoms with Crippen LogP contribution in [0.5, 0.6) is 11.5 Å². The Morgan fingerprint density at radius 1 is 1.05 bits per heavy atom. The first-order valence-corrected chi connectivity index (χ1v) is 14.1. The van der Waals surface area contributed by atoms with Crippen LogP contribution in [0.2, 0.25) is 0 Å². The average molecular weight is 557 g/mol. The highest BCUT2D eigenvalue weighted by Gasteiger charge is 2.48. The summed E-state index contributed by atoms with van der Waals surface area (Å²) >= 11 is 1.35. The van der Waals surface area contributed by atoms with Crippen molar-refractivity contribution in [3.8, 4) is 11.5 Å². The zero-order chi connectivity index (χ0) is 28.6. The zero-order valence-corrected chi connectivity index (χ0v) is 24.0. The molecule has 0 radical (unpaired) electrons. The van der Waals surface area contributed by atoms with Crippen LogP contribution >= 0.6 is 11.3 Å². The van der Waals surface area contributed by atoms with Crippen LogP contribution in [0.4, 0.5) is 5.13 Å². The number of nitrogens with zero attached hydrogens (tertiary/aromatic N) is 2. The van der Waals surface area contributed by atoms with Gasteiger partial charge in [-0.1, -0.05) is 67.6 Å². The number of methoxy groups -OCH3 is 1. The Labute approximate surface area is 237 Å². The highest BCUT2D eigenvalue weighted by Crippen LogP contribution is 2.46. The Kier molecular flexibility index (Phi) is 7.63. The summed E-state index contributed by atoms with van der Waals surface area (Å²) in [5, 5.41) is 11.8. The number of hydrogen-bond donors (Lipinski definition) is 1. The van der Waals surface area contributed by atoms with E-state index >= 15 is 0 Å². The van der Waals surface area contributed by atoms with Gasteiger partial charge >= 0.3 is 5.91 Å². The van der Waals surface area contributed by atoms with Crippen LogP contribution in [-0.4, -0.2) is 35.5 Å². The van der Waals surface area contributed by atoms with Crippen molar-refractivity contribution >= 4 is 44.1 Å². The molecule has 4 aromatic rings. The van der Waals surface area contributed by atoms with E-state index in [-0.39, 0.29) is 11.3 Å². The van der Waals surface area contributed by atoms with E-state index in [1.54, 1.807) is 49.6 Å². The van der Waals surface area contributed by atoms with Gasteiger partial charge in [-0.25, -0.2) is 4.98 Å². The fourth-order valence-electron chi connectivity index (χ4n) is 4.94. The summed E-state index contributed by atoms with van der Waals surface area (Å²) in [4.78, 5) is 33.4. The molecule has 1 N–H and O–H groups in total. The molecule has 0 saturated carbocycles. The second kappa shape index (κ2) is 11.1. The molecule has 206 valence electrons. The topological polar surface area (TPSA) is 89.0 Å². The maximum absolute atomic E-state index is 13.6. The summed E-state index contributed by atoms with van der Waals surface area (Å²) in [6.45, 7) is 8.77. The minimum atomic E-state index is -0.916. The van der Waals surface area contributed by atoms with Gasteiger partial charge in [0.2, 0.25) is 0 Å². The third-order valence-corrected chi connectivity index (χ3v) is 7.97. The van der Waals surface area contributed by atoms with Crippen LogP contribution in [0, 0.1) is 19.8 Å². The van der Waals surface area contributed by atoms with Crippen LogP contribution in [0.15, 0.2) is 66.2 Å². The predicted molar refractivity (Wildman–Crippen MR) is 158 cm³/mol. The molecule has 5 rings (SSSR count). The second-order valence-electron chi connectivity index (χ2n) is 10.4. The van der Waals surface area contributed by atoms with Crippen LogP contribution < -0.4 is 14.4 Å². The number of anilines is 1. The first kappa shape index (κ1) is 27.4. The molecule has 1 fully saturated rings. The summed E-state index contributed by atoms with van der Waals surface area (Å²) in [7, 11) is 1.55. The number of aromatic nitrogens is 1. The average Bonchev–Trinajstić information content (AvgIpc) is 3.47. The molecule has 1 saturated heterocycles. The van der Waals surface area contributed by atoms with E-state index in [4.69, 9.17) is 14.5 Å². The Morgan fingerprint density at radius 3 is 2.50 bits per heavy atom. The molecule has 0 bridgehead atoms. The first-order chi connectivity index (χ1) is 19.2. The summed E-state index contributed by atoms with van der Waals surface area (Å²) in [5.41, 5.74) is 3.89. The molecule has 1 unspecified atom stereocenters. The molecule has 2 heterocycles. The van der Waals surface area contributed by atoms with E-state index in [0.717, 1.165) is 27.8 Å². The smallest absolute Gasteiger partial charge is 0.301 e. The molecule has 8 heteroatoms. The maximum atomic E-state index is 13.6. The van der Waals surface area contributed by atoms with E-state index in [2.05, 4.69) is 13.8 Å². The predicted octanol–water partition coefficient (Wildman–Crippen LogP) is 6.97. The van der Waals surface area contributed by atoms with E-state index in [0.29, 0.717) is 40.3 Å². The van der Waals surface area contributed by atoms with E-state index < -0.39 is 17.7 Å². The van der Waals surface area contributed by atoms with E-state index in [1.807, 2.05) is 32.0 Å². The standard InChI is InChI=1S/C32H32N2O5S/c1-18(2)13-14-39-23-12-11-22(17-24(23)38-5)28-26(29(35)21-9-7-6-8-10-21)30(36)31(37)34(28)32-33-27-20(4)15-19(3)16-25(27)40-32/h6-12,15-18,28,35H,13-14H2,1-5H3. The lowest BCUT2D eigenvalue weighted by Crippen LogP contribution is -2.29. The SMILES string of the molecule is COc1cc(C2C(=C(O)c3ccccc3)C(=O)C(=O)N2c2nc3c(C)cc(C)cc3s2)ccc1OCCC(C)C. The number of benzene rings is 3. The van der Waals surface area contributed by atoms with Gasteiger partial charge in [0.05, 0.1) is 35.5 Å². The molecule has 40 heavy (non-hydrogen) atoms. The van der Waals surface area contributed by atoms with Gasteiger partial charge in [-0.2, -0.15) is 0 Å². The summed E-state index contributed by atoms with van der Waals surface area (Å²) < 4.78 is 12.5. The first-order valence-electron chi connectivity index (χ1n) is 13.2. The number of rotatable bonds is 8. The molecule has 0 spiro atoms. The number of thiazole rings is 1. The van der Waals surface area contributed by atoms with Gasteiger partial charge in [0.25, 0.3) is 5.78 Å². The Hall–Kier alpha value is -4.17. The van der Waals surface area contributed by atoms with Gasteiger partial charge in [-0.05, 0) is 61.1 Å². The van der Waals surface area contributed by atoms with Crippen molar-refractivity contribution in [2.75, 3.05) is 18.6 Å². The lowest BCUT2D eigenvalue weighted by atomic mass is 9.95.